The summed E-state index contributed by atoms with van der Waals surface area (Å²) in [6.07, 6.45) is 5.05. The fourth-order valence-electron chi connectivity index (χ4n) is 2.28. The minimum absolute atomic E-state index is 0.0448. The third-order valence-corrected chi connectivity index (χ3v) is 3.22. The normalized spacial score (nSPS) is 23.7. The van der Waals surface area contributed by atoms with Crippen molar-refractivity contribution in [1.82, 2.24) is 4.98 Å². The zero-order valence-corrected chi connectivity index (χ0v) is 10.3. The smallest absolute Gasteiger partial charge is 0.333 e. The minimum atomic E-state index is -0.444. The molecule has 6 heteroatoms. The summed E-state index contributed by atoms with van der Waals surface area (Å²) in [5, 5.41) is 11.0. The Bertz CT molecular complexity index is 450. The van der Waals surface area contributed by atoms with Crippen molar-refractivity contribution in [3.05, 3.63) is 27.9 Å². The molecule has 0 spiro atoms. The summed E-state index contributed by atoms with van der Waals surface area (Å²) < 4.78 is 5.67. The molecule has 0 amide bonds. The summed E-state index contributed by atoms with van der Waals surface area (Å²) in [4.78, 5) is 14.5. The first-order valence-corrected chi connectivity index (χ1v) is 6.10. The molecular formula is C12H17N3O3. The molecule has 1 fully saturated rings. The molecule has 6 nitrogen and oxygen atoms in total. The van der Waals surface area contributed by atoms with Gasteiger partial charge in [-0.05, 0) is 38.7 Å². The molecule has 0 saturated heterocycles. The average Bonchev–Trinajstić information content (AvgIpc) is 2.28. The van der Waals surface area contributed by atoms with E-state index < -0.39 is 4.92 Å². The highest BCUT2D eigenvalue weighted by molar-refractivity contribution is 5.47. The van der Waals surface area contributed by atoms with E-state index in [1.807, 2.05) is 0 Å². The maximum Gasteiger partial charge on any atom is 0.333 e. The Morgan fingerprint density at radius 3 is 3.00 bits per heavy atom. The van der Waals surface area contributed by atoms with Gasteiger partial charge in [-0.1, -0.05) is 0 Å². The largest absolute Gasteiger partial charge is 0.469 e. The van der Waals surface area contributed by atoms with Crippen LogP contribution < -0.4 is 10.5 Å². The van der Waals surface area contributed by atoms with Crippen LogP contribution in [0.1, 0.15) is 31.2 Å². The van der Waals surface area contributed by atoms with Gasteiger partial charge >= 0.3 is 5.69 Å². The predicted molar refractivity (Wildman–Crippen MR) is 66.5 cm³/mol. The molecule has 1 aliphatic carbocycles. The van der Waals surface area contributed by atoms with Gasteiger partial charge in [-0.3, -0.25) is 10.1 Å². The van der Waals surface area contributed by atoms with E-state index in [9.17, 15) is 10.1 Å². The summed E-state index contributed by atoms with van der Waals surface area (Å²) in [6.45, 7) is 1.68. The molecule has 2 unspecified atom stereocenters. The van der Waals surface area contributed by atoms with Crippen LogP contribution in [0.2, 0.25) is 0 Å². The van der Waals surface area contributed by atoms with Crippen molar-refractivity contribution in [3.63, 3.8) is 0 Å². The van der Waals surface area contributed by atoms with Gasteiger partial charge in [-0.15, -0.1) is 0 Å². The molecule has 1 heterocycles. The van der Waals surface area contributed by atoms with Gasteiger partial charge < -0.3 is 10.5 Å². The van der Waals surface area contributed by atoms with Crippen molar-refractivity contribution in [1.29, 1.82) is 0 Å². The molecular weight excluding hydrogens is 234 g/mol. The molecule has 1 aromatic rings. The van der Waals surface area contributed by atoms with Crippen LogP contribution >= 0.6 is 0 Å². The van der Waals surface area contributed by atoms with Crippen molar-refractivity contribution < 1.29 is 9.66 Å². The van der Waals surface area contributed by atoms with Crippen molar-refractivity contribution in [2.75, 3.05) is 0 Å². The summed E-state index contributed by atoms with van der Waals surface area (Å²) in [6, 6.07) is 1.73. The molecule has 0 radical (unpaired) electrons. The lowest BCUT2D eigenvalue weighted by Crippen LogP contribution is -2.34. The summed E-state index contributed by atoms with van der Waals surface area (Å²) in [5.41, 5.74) is 6.39. The zero-order valence-electron chi connectivity index (χ0n) is 10.3. The second-order valence-corrected chi connectivity index (χ2v) is 4.71. The molecule has 2 atom stereocenters. The lowest BCUT2D eigenvalue weighted by molar-refractivity contribution is -0.387. The molecule has 1 aliphatic rings. The molecule has 98 valence electrons. The Morgan fingerprint density at radius 2 is 2.33 bits per heavy atom. The Morgan fingerprint density at radius 1 is 1.56 bits per heavy atom. The number of hydrogen-bond acceptors (Lipinski definition) is 5. The summed E-state index contributed by atoms with van der Waals surface area (Å²) >= 11 is 0. The second kappa shape index (κ2) is 5.30. The van der Waals surface area contributed by atoms with Crippen LogP contribution in [-0.2, 0) is 0 Å². The number of aryl methyl sites for hydroxylation is 1. The number of aromatic nitrogens is 1. The fourth-order valence-corrected chi connectivity index (χ4v) is 2.28. The topological polar surface area (TPSA) is 91.3 Å². The van der Waals surface area contributed by atoms with Crippen LogP contribution in [-0.4, -0.2) is 22.1 Å². The third-order valence-electron chi connectivity index (χ3n) is 3.22. The second-order valence-electron chi connectivity index (χ2n) is 4.71. The molecule has 18 heavy (non-hydrogen) atoms. The van der Waals surface area contributed by atoms with Gasteiger partial charge in [0, 0.05) is 17.8 Å². The molecule has 1 saturated carbocycles. The predicted octanol–water partition coefficient (Wildman–Crippen LogP) is 1.95. The van der Waals surface area contributed by atoms with E-state index in [0.29, 0.717) is 5.56 Å². The van der Waals surface area contributed by atoms with Crippen LogP contribution in [0.5, 0.6) is 5.88 Å². The fraction of sp³-hybridized carbons (Fsp3) is 0.583. The van der Waals surface area contributed by atoms with E-state index in [1.165, 1.54) is 6.20 Å². The molecule has 2 N–H and O–H groups in total. The quantitative estimate of drug-likeness (QED) is 0.654. The molecule has 2 rings (SSSR count). The highest BCUT2D eigenvalue weighted by Gasteiger charge is 2.26. The Hall–Kier alpha value is -1.69. The minimum Gasteiger partial charge on any atom is -0.469 e. The molecule has 0 aliphatic heterocycles. The Kier molecular flexibility index (Phi) is 3.76. The van der Waals surface area contributed by atoms with Gasteiger partial charge in [0.25, 0.3) is 5.88 Å². The Balaban J connectivity index is 2.18. The SMILES string of the molecule is Cc1ccnc(OC2CCCC(N)C2)c1[N+](=O)[O-]. The maximum atomic E-state index is 11.0. The van der Waals surface area contributed by atoms with E-state index in [1.54, 1.807) is 13.0 Å². The number of pyridine rings is 1. The first-order chi connectivity index (χ1) is 8.58. The van der Waals surface area contributed by atoms with Gasteiger partial charge in [0.2, 0.25) is 0 Å². The van der Waals surface area contributed by atoms with E-state index in [2.05, 4.69) is 4.98 Å². The van der Waals surface area contributed by atoms with Gasteiger partial charge in [0.15, 0.2) is 0 Å². The van der Waals surface area contributed by atoms with Crippen LogP contribution in [0.3, 0.4) is 0 Å². The maximum absolute atomic E-state index is 11.0. The molecule has 1 aromatic heterocycles. The average molecular weight is 251 g/mol. The number of nitrogens with two attached hydrogens (primary N) is 1. The summed E-state index contributed by atoms with van der Waals surface area (Å²) in [5.74, 6) is 0.110. The van der Waals surface area contributed by atoms with E-state index in [4.69, 9.17) is 10.5 Å². The lowest BCUT2D eigenvalue weighted by atomic mass is 9.93. The monoisotopic (exact) mass is 251 g/mol. The van der Waals surface area contributed by atoms with Crippen LogP contribution in [0.15, 0.2) is 12.3 Å². The van der Waals surface area contributed by atoms with Crippen LogP contribution in [0.4, 0.5) is 5.69 Å². The standard InChI is InChI=1S/C12H17N3O3/c1-8-5-6-14-12(11(8)15(16)17)18-10-4-2-3-9(13)7-10/h5-6,9-10H,2-4,7,13H2,1H3. The number of hydrogen-bond donors (Lipinski definition) is 1. The van der Waals surface area contributed by atoms with Crippen molar-refractivity contribution >= 4 is 5.69 Å². The zero-order chi connectivity index (χ0) is 13.1. The Labute approximate surface area is 105 Å². The van der Waals surface area contributed by atoms with Gasteiger partial charge in [0.1, 0.15) is 6.10 Å². The van der Waals surface area contributed by atoms with E-state index >= 15 is 0 Å². The van der Waals surface area contributed by atoms with Crippen LogP contribution in [0.25, 0.3) is 0 Å². The van der Waals surface area contributed by atoms with Crippen molar-refractivity contribution in [2.24, 2.45) is 5.73 Å². The summed E-state index contributed by atoms with van der Waals surface area (Å²) in [7, 11) is 0. The highest BCUT2D eigenvalue weighted by Crippen LogP contribution is 2.30. The van der Waals surface area contributed by atoms with E-state index in [0.717, 1.165) is 25.7 Å². The van der Waals surface area contributed by atoms with Gasteiger partial charge in [-0.25, -0.2) is 4.98 Å². The first kappa shape index (κ1) is 12.8. The number of nitro groups is 1. The van der Waals surface area contributed by atoms with Crippen molar-refractivity contribution in [2.45, 2.75) is 44.8 Å². The van der Waals surface area contributed by atoms with Gasteiger partial charge in [0.05, 0.1) is 4.92 Å². The number of ether oxygens (including phenoxy) is 1. The third kappa shape index (κ3) is 2.76. The van der Waals surface area contributed by atoms with E-state index in [-0.39, 0.29) is 23.7 Å². The molecule has 0 bridgehead atoms. The lowest BCUT2D eigenvalue weighted by Gasteiger charge is -2.26. The highest BCUT2D eigenvalue weighted by atomic mass is 16.6. The first-order valence-electron chi connectivity index (χ1n) is 6.10. The van der Waals surface area contributed by atoms with Gasteiger partial charge in [-0.2, -0.15) is 0 Å². The molecule has 0 aromatic carbocycles. The van der Waals surface area contributed by atoms with Crippen LogP contribution in [0, 0.1) is 17.0 Å². The number of nitrogens with zero attached hydrogens (tertiary/aromatic N) is 2. The number of rotatable bonds is 3. The van der Waals surface area contributed by atoms with Crippen molar-refractivity contribution in [3.8, 4) is 5.88 Å².